The average Bonchev–Trinajstić information content (AvgIpc) is 3.07. The average molecular weight is 385 g/mol. The van der Waals surface area contributed by atoms with Crippen LogP contribution in [-0.4, -0.2) is 48.9 Å². The molecule has 0 saturated carbocycles. The normalized spacial score (nSPS) is 16.2. The van der Waals surface area contributed by atoms with Crippen molar-refractivity contribution in [1.82, 2.24) is 14.3 Å². The smallest absolute Gasteiger partial charge is 0.243 e. The number of imidazole rings is 1. The van der Waals surface area contributed by atoms with Crippen molar-refractivity contribution >= 4 is 27.0 Å². The fraction of sp³-hybridized carbons (Fsp3) is 0.350. The van der Waals surface area contributed by atoms with Gasteiger partial charge in [0.1, 0.15) is 0 Å². The summed E-state index contributed by atoms with van der Waals surface area (Å²) in [5.74, 6) is 0.805. The van der Waals surface area contributed by atoms with Crippen LogP contribution < -0.4 is 4.90 Å². The molecule has 1 aliphatic heterocycles. The largest absolute Gasteiger partial charge is 0.340 e. The van der Waals surface area contributed by atoms with Crippen LogP contribution in [0.15, 0.2) is 41.3 Å². The summed E-state index contributed by atoms with van der Waals surface area (Å²) in [5, 5.41) is 0. The molecule has 2 aromatic carbocycles. The molecule has 0 spiro atoms. The highest BCUT2D eigenvalue weighted by Crippen LogP contribution is 2.24. The number of hydrogen-bond acceptors (Lipinski definition) is 4. The molecule has 0 unspecified atom stereocenters. The molecule has 1 N–H and O–H groups in total. The number of fused-ring (bicyclic) bond motifs is 1. The Morgan fingerprint density at radius 2 is 1.59 bits per heavy atom. The number of nitrogens with one attached hydrogen (secondary N) is 1. The van der Waals surface area contributed by atoms with E-state index < -0.39 is 10.0 Å². The lowest BCUT2D eigenvalue weighted by Crippen LogP contribution is -2.49. The Hall–Kier alpha value is -2.38. The van der Waals surface area contributed by atoms with E-state index in [0.29, 0.717) is 31.1 Å². The van der Waals surface area contributed by atoms with Gasteiger partial charge in [0, 0.05) is 26.2 Å². The first-order valence-electron chi connectivity index (χ1n) is 9.13. The van der Waals surface area contributed by atoms with E-state index in [0.717, 1.165) is 28.1 Å². The van der Waals surface area contributed by atoms with Gasteiger partial charge in [-0.25, -0.2) is 13.4 Å². The van der Waals surface area contributed by atoms with Gasteiger partial charge >= 0.3 is 0 Å². The van der Waals surface area contributed by atoms with E-state index in [1.807, 2.05) is 38.1 Å². The van der Waals surface area contributed by atoms with Crippen molar-refractivity contribution in [2.75, 3.05) is 31.1 Å². The van der Waals surface area contributed by atoms with Crippen molar-refractivity contribution in [2.45, 2.75) is 25.7 Å². The van der Waals surface area contributed by atoms with Crippen LogP contribution in [0.3, 0.4) is 0 Å². The molecule has 142 valence electrons. The summed E-state index contributed by atoms with van der Waals surface area (Å²) in [6.45, 7) is 7.94. The Labute approximate surface area is 159 Å². The van der Waals surface area contributed by atoms with E-state index >= 15 is 0 Å². The highest BCUT2D eigenvalue weighted by molar-refractivity contribution is 7.89. The van der Waals surface area contributed by atoms with Crippen molar-refractivity contribution < 1.29 is 8.42 Å². The van der Waals surface area contributed by atoms with Crippen molar-refractivity contribution in [3.8, 4) is 0 Å². The number of aryl methyl sites for hydroxylation is 3. The molecule has 6 nitrogen and oxygen atoms in total. The van der Waals surface area contributed by atoms with Crippen LogP contribution in [0.1, 0.15) is 16.7 Å². The molecule has 1 fully saturated rings. The summed E-state index contributed by atoms with van der Waals surface area (Å²) in [6, 6.07) is 11.7. The van der Waals surface area contributed by atoms with E-state index in [2.05, 4.69) is 27.9 Å². The molecule has 1 aromatic heterocycles. The number of piperazine rings is 1. The molecule has 1 saturated heterocycles. The summed E-state index contributed by atoms with van der Waals surface area (Å²) in [5.41, 5.74) is 4.87. The fourth-order valence-corrected chi connectivity index (χ4v) is 5.26. The molecule has 2 heterocycles. The molecule has 0 atom stereocenters. The second-order valence-corrected chi connectivity index (χ2v) is 9.15. The maximum absolute atomic E-state index is 13.1. The minimum atomic E-state index is -3.48. The minimum absolute atomic E-state index is 0.412. The number of anilines is 1. The highest BCUT2D eigenvalue weighted by atomic mass is 32.2. The number of H-pyrrole nitrogens is 1. The Balaban J connectivity index is 1.53. The van der Waals surface area contributed by atoms with Gasteiger partial charge in [0.25, 0.3) is 0 Å². The minimum Gasteiger partial charge on any atom is -0.340 e. The molecule has 27 heavy (non-hydrogen) atoms. The van der Waals surface area contributed by atoms with E-state index in [9.17, 15) is 8.42 Å². The molecule has 0 aliphatic carbocycles. The van der Waals surface area contributed by atoms with Crippen molar-refractivity contribution in [1.29, 1.82) is 0 Å². The van der Waals surface area contributed by atoms with Crippen molar-refractivity contribution in [3.05, 3.63) is 53.1 Å². The second-order valence-electron chi connectivity index (χ2n) is 7.24. The number of sulfonamides is 1. The lowest BCUT2D eigenvalue weighted by molar-refractivity contribution is 0.382. The Bertz CT molecular complexity index is 1100. The fourth-order valence-electron chi connectivity index (χ4n) is 3.52. The van der Waals surface area contributed by atoms with E-state index in [1.165, 1.54) is 5.56 Å². The zero-order valence-electron chi connectivity index (χ0n) is 15.9. The van der Waals surface area contributed by atoms with Crippen LogP contribution in [0, 0.1) is 20.8 Å². The first kappa shape index (κ1) is 18.0. The van der Waals surface area contributed by atoms with Crippen molar-refractivity contribution in [2.24, 2.45) is 0 Å². The first-order valence-corrected chi connectivity index (χ1v) is 10.6. The van der Waals surface area contributed by atoms with Gasteiger partial charge in [-0.2, -0.15) is 4.31 Å². The predicted octanol–water partition coefficient (Wildman–Crippen LogP) is 3.00. The van der Waals surface area contributed by atoms with Crippen LogP contribution in [0.5, 0.6) is 0 Å². The number of hydrogen-bond donors (Lipinski definition) is 1. The Morgan fingerprint density at radius 3 is 2.33 bits per heavy atom. The molecule has 4 rings (SSSR count). The van der Waals surface area contributed by atoms with Crippen LogP contribution >= 0.6 is 0 Å². The van der Waals surface area contributed by atoms with Crippen LogP contribution in [0.4, 0.5) is 5.95 Å². The molecule has 0 amide bonds. The van der Waals surface area contributed by atoms with Gasteiger partial charge in [-0.05, 0) is 55.7 Å². The van der Waals surface area contributed by atoms with Gasteiger partial charge in [-0.3, -0.25) is 0 Å². The van der Waals surface area contributed by atoms with Gasteiger partial charge in [0.15, 0.2) is 0 Å². The van der Waals surface area contributed by atoms with Crippen molar-refractivity contribution in [3.63, 3.8) is 0 Å². The quantitative estimate of drug-likeness (QED) is 0.754. The summed E-state index contributed by atoms with van der Waals surface area (Å²) in [6.07, 6.45) is 0. The lowest BCUT2D eigenvalue weighted by Gasteiger charge is -2.34. The van der Waals surface area contributed by atoms with E-state index in [1.54, 1.807) is 10.4 Å². The van der Waals surface area contributed by atoms with Gasteiger partial charge in [0.2, 0.25) is 16.0 Å². The molecule has 0 radical (unpaired) electrons. The van der Waals surface area contributed by atoms with Gasteiger partial charge < -0.3 is 9.88 Å². The number of benzene rings is 2. The summed E-state index contributed by atoms with van der Waals surface area (Å²) < 4.78 is 27.7. The number of rotatable bonds is 3. The van der Waals surface area contributed by atoms with E-state index in [-0.39, 0.29) is 0 Å². The zero-order valence-corrected chi connectivity index (χ0v) is 16.7. The number of aromatic amines is 1. The van der Waals surface area contributed by atoms with Crippen LogP contribution in [0.25, 0.3) is 11.0 Å². The topological polar surface area (TPSA) is 69.3 Å². The molecule has 1 aliphatic rings. The first-order chi connectivity index (χ1) is 12.8. The molecule has 3 aromatic rings. The third-order valence-corrected chi connectivity index (χ3v) is 7.17. The molecular formula is C20H24N4O2S. The van der Waals surface area contributed by atoms with E-state index in [4.69, 9.17) is 0 Å². The lowest BCUT2D eigenvalue weighted by atomic mass is 10.2. The molecule has 0 bridgehead atoms. The third-order valence-electron chi connectivity index (χ3n) is 5.12. The second kappa shape index (κ2) is 6.65. The summed E-state index contributed by atoms with van der Waals surface area (Å²) in [7, 11) is -3.48. The van der Waals surface area contributed by atoms with Crippen LogP contribution in [-0.2, 0) is 10.0 Å². The molecule has 7 heteroatoms. The predicted molar refractivity (Wildman–Crippen MR) is 108 cm³/mol. The Kier molecular flexibility index (Phi) is 4.44. The maximum Gasteiger partial charge on any atom is 0.243 e. The number of aromatic nitrogens is 2. The summed E-state index contributed by atoms with van der Waals surface area (Å²) in [4.78, 5) is 10.5. The zero-order chi connectivity index (χ0) is 19.2. The third kappa shape index (κ3) is 3.33. The maximum atomic E-state index is 13.1. The van der Waals surface area contributed by atoms with Gasteiger partial charge in [-0.15, -0.1) is 0 Å². The monoisotopic (exact) mass is 384 g/mol. The highest BCUT2D eigenvalue weighted by Gasteiger charge is 2.30. The van der Waals surface area contributed by atoms with Crippen LogP contribution in [0.2, 0.25) is 0 Å². The SMILES string of the molecule is Cc1ccc(C)c(S(=O)(=O)N2CCN(c3nc4ccc(C)cc4[nH]3)CC2)c1. The summed E-state index contributed by atoms with van der Waals surface area (Å²) >= 11 is 0. The molecular weight excluding hydrogens is 360 g/mol. The standard InChI is InChI=1S/C20H24N4O2S/c1-14-5-7-17-18(12-14)22-20(21-17)23-8-10-24(11-9-23)27(25,26)19-13-15(2)4-6-16(19)3/h4-7,12-13H,8-11H2,1-3H3,(H,21,22). The number of nitrogens with zero attached hydrogens (tertiary/aromatic N) is 3. The van der Waals surface area contributed by atoms with Gasteiger partial charge in [0.05, 0.1) is 15.9 Å². The Morgan fingerprint density at radius 1 is 0.926 bits per heavy atom. The van der Waals surface area contributed by atoms with Gasteiger partial charge in [-0.1, -0.05) is 18.2 Å².